The number of carboxylic acids is 1. The molecule has 2 aromatic carbocycles. The molecule has 3 rings (SSSR count). The van der Waals surface area contributed by atoms with Crippen LogP contribution in [0.3, 0.4) is 0 Å². The summed E-state index contributed by atoms with van der Waals surface area (Å²) in [4.78, 5) is 59.8. The van der Waals surface area contributed by atoms with Crippen LogP contribution in [-0.2, 0) is 38.1 Å². The Morgan fingerprint density at radius 1 is 0.929 bits per heavy atom. The maximum absolute atomic E-state index is 12.1. The van der Waals surface area contributed by atoms with Crippen LogP contribution in [0.5, 0.6) is 5.75 Å². The summed E-state index contributed by atoms with van der Waals surface area (Å²) >= 11 is 0. The van der Waals surface area contributed by atoms with Crippen LogP contribution >= 0.6 is 0 Å². The van der Waals surface area contributed by atoms with E-state index >= 15 is 0 Å². The molecule has 0 aliphatic carbocycles. The fraction of sp³-hybridized carbons (Fsp3) is 0.433. The second-order valence-corrected chi connectivity index (χ2v) is 9.95. The first-order valence-corrected chi connectivity index (χ1v) is 13.3. The summed E-state index contributed by atoms with van der Waals surface area (Å²) in [6, 6.07) is 12.3. The molecule has 6 atom stereocenters. The standard InChI is InChI=1S/C30H35NO11/c1-15-12-21(20-8-7-9-22(13-20)29(37)31-6)10-11-24(15)41-30-28(40-19(5)34)23(14-25(35)36)27(39-18(4)33)26(42-30)16(2)38-17(3)32/h7-13,16,23,26-28,30H,14H2,1-6H3,(H,31,37)(H,35,36)/t16-,23+,26-,27-,28+,30+/m1/s1. The van der Waals surface area contributed by atoms with Gasteiger partial charge in [0.15, 0.2) is 6.10 Å². The van der Waals surface area contributed by atoms with Crippen LogP contribution < -0.4 is 10.1 Å². The molecule has 0 unspecified atom stereocenters. The van der Waals surface area contributed by atoms with Crippen LogP contribution in [0.25, 0.3) is 11.1 Å². The number of amides is 1. The molecule has 1 fully saturated rings. The Kier molecular flexibility index (Phi) is 10.6. The molecule has 0 bridgehead atoms. The smallest absolute Gasteiger partial charge is 0.303 e. The van der Waals surface area contributed by atoms with E-state index in [2.05, 4.69) is 5.32 Å². The van der Waals surface area contributed by atoms with E-state index in [9.17, 15) is 29.1 Å². The molecule has 0 saturated carbocycles. The van der Waals surface area contributed by atoms with Crippen LogP contribution in [0.15, 0.2) is 42.5 Å². The Morgan fingerprint density at radius 3 is 2.14 bits per heavy atom. The van der Waals surface area contributed by atoms with Crippen molar-refractivity contribution in [2.75, 3.05) is 7.05 Å². The van der Waals surface area contributed by atoms with Crippen LogP contribution in [0.4, 0.5) is 0 Å². The van der Waals surface area contributed by atoms with E-state index in [1.54, 1.807) is 44.3 Å². The van der Waals surface area contributed by atoms with Gasteiger partial charge in [0, 0.05) is 33.4 Å². The number of hydrogen-bond acceptors (Lipinski definition) is 10. The largest absolute Gasteiger partial charge is 0.481 e. The van der Waals surface area contributed by atoms with Crippen LogP contribution in [0.2, 0.25) is 0 Å². The van der Waals surface area contributed by atoms with Crippen LogP contribution in [0.1, 0.15) is 50.0 Å². The van der Waals surface area contributed by atoms with Gasteiger partial charge in [0.1, 0.15) is 24.1 Å². The number of hydrogen-bond donors (Lipinski definition) is 2. The molecule has 1 saturated heterocycles. The van der Waals surface area contributed by atoms with E-state index in [1.807, 2.05) is 12.1 Å². The van der Waals surface area contributed by atoms with E-state index in [1.165, 1.54) is 13.8 Å². The lowest BCUT2D eigenvalue weighted by molar-refractivity contribution is -0.283. The summed E-state index contributed by atoms with van der Waals surface area (Å²) in [7, 11) is 1.55. The van der Waals surface area contributed by atoms with Gasteiger partial charge in [-0.3, -0.25) is 24.0 Å². The topological polar surface area (TPSA) is 164 Å². The van der Waals surface area contributed by atoms with Gasteiger partial charge in [-0.15, -0.1) is 0 Å². The van der Waals surface area contributed by atoms with Crippen molar-refractivity contribution in [1.82, 2.24) is 5.32 Å². The third-order valence-electron chi connectivity index (χ3n) is 6.66. The van der Waals surface area contributed by atoms with Gasteiger partial charge in [0.05, 0.1) is 12.3 Å². The summed E-state index contributed by atoms with van der Waals surface area (Å²) in [5.41, 5.74) is 2.74. The third-order valence-corrected chi connectivity index (χ3v) is 6.66. The Balaban J connectivity index is 2.01. The third kappa shape index (κ3) is 8.06. The first kappa shape index (κ1) is 32.1. The first-order valence-electron chi connectivity index (χ1n) is 13.3. The highest BCUT2D eigenvalue weighted by molar-refractivity contribution is 5.95. The summed E-state index contributed by atoms with van der Waals surface area (Å²) < 4.78 is 28.6. The molecular formula is C30H35NO11. The SMILES string of the molecule is CNC(=O)c1cccc(-c2ccc(O[C@H]3O[C@H]([C@@H](C)OC(C)=O)[C@H](OC(C)=O)[C@H](CC(=O)O)[C@@H]3OC(C)=O)c(C)c2)c1. The van der Waals surface area contributed by atoms with Crippen molar-refractivity contribution in [2.45, 2.75) is 71.7 Å². The number of aryl methyl sites for hydroxylation is 1. The summed E-state index contributed by atoms with van der Waals surface area (Å²) in [5, 5.41) is 12.3. The predicted molar refractivity (Wildman–Crippen MR) is 147 cm³/mol. The van der Waals surface area contributed by atoms with E-state index < -0.39 is 66.9 Å². The lowest BCUT2D eigenvalue weighted by Crippen LogP contribution is -2.61. The number of rotatable bonds is 10. The van der Waals surface area contributed by atoms with Crippen molar-refractivity contribution >= 4 is 29.8 Å². The van der Waals surface area contributed by atoms with Crippen molar-refractivity contribution < 1.29 is 52.8 Å². The number of carboxylic acid groups (broad SMARTS) is 1. The minimum absolute atomic E-state index is 0.222. The van der Waals surface area contributed by atoms with Crippen molar-refractivity contribution in [1.29, 1.82) is 0 Å². The highest BCUT2D eigenvalue weighted by atomic mass is 16.7. The first-order chi connectivity index (χ1) is 19.8. The molecule has 2 N–H and O–H groups in total. The zero-order valence-electron chi connectivity index (χ0n) is 24.2. The lowest BCUT2D eigenvalue weighted by Gasteiger charge is -2.46. The maximum Gasteiger partial charge on any atom is 0.303 e. The average Bonchev–Trinajstić information content (AvgIpc) is 2.91. The van der Waals surface area contributed by atoms with Gasteiger partial charge in [0.2, 0.25) is 6.29 Å². The molecule has 42 heavy (non-hydrogen) atoms. The Morgan fingerprint density at radius 2 is 1.57 bits per heavy atom. The molecule has 2 aromatic rings. The van der Waals surface area contributed by atoms with Gasteiger partial charge in [-0.1, -0.05) is 18.2 Å². The number of benzene rings is 2. The summed E-state index contributed by atoms with van der Waals surface area (Å²) in [6.07, 6.45) is -6.59. The average molecular weight is 586 g/mol. The minimum atomic E-state index is -1.35. The van der Waals surface area contributed by atoms with Gasteiger partial charge in [-0.2, -0.15) is 0 Å². The summed E-state index contributed by atoms with van der Waals surface area (Å²) in [5.74, 6) is -4.33. The van der Waals surface area contributed by atoms with Crippen molar-refractivity contribution in [2.24, 2.45) is 5.92 Å². The normalized spacial score (nSPS) is 22.3. The highest BCUT2D eigenvalue weighted by Gasteiger charge is 2.53. The second kappa shape index (κ2) is 13.9. The number of esters is 3. The molecule has 0 radical (unpaired) electrons. The second-order valence-electron chi connectivity index (χ2n) is 9.95. The van der Waals surface area contributed by atoms with Crippen molar-refractivity contribution in [3.63, 3.8) is 0 Å². The highest BCUT2D eigenvalue weighted by Crippen LogP contribution is 2.37. The minimum Gasteiger partial charge on any atom is -0.481 e. The van der Waals surface area contributed by atoms with E-state index in [-0.39, 0.29) is 5.91 Å². The number of aliphatic carboxylic acids is 1. The van der Waals surface area contributed by atoms with E-state index in [0.29, 0.717) is 16.9 Å². The Labute approximate surface area is 243 Å². The van der Waals surface area contributed by atoms with Gasteiger partial charge in [0.25, 0.3) is 5.91 Å². The Bertz CT molecular complexity index is 1340. The molecule has 1 aliphatic heterocycles. The Hall–Kier alpha value is -4.45. The van der Waals surface area contributed by atoms with E-state index in [0.717, 1.165) is 25.0 Å². The van der Waals surface area contributed by atoms with Gasteiger partial charge >= 0.3 is 23.9 Å². The number of ether oxygens (including phenoxy) is 5. The number of carbonyl (C=O) groups excluding carboxylic acids is 4. The molecule has 12 heteroatoms. The van der Waals surface area contributed by atoms with E-state index in [4.69, 9.17) is 23.7 Å². The predicted octanol–water partition coefficient (Wildman–Crippen LogP) is 3.03. The van der Waals surface area contributed by atoms with Gasteiger partial charge in [-0.25, -0.2) is 0 Å². The van der Waals surface area contributed by atoms with Gasteiger partial charge < -0.3 is 34.1 Å². The van der Waals surface area contributed by atoms with Crippen LogP contribution in [-0.4, -0.2) is 72.6 Å². The molecule has 1 aliphatic rings. The zero-order chi connectivity index (χ0) is 31.1. The number of nitrogens with one attached hydrogen (secondary N) is 1. The molecule has 1 heterocycles. The molecule has 12 nitrogen and oxygen atoms in total. The lowest BCUT2D eigenvalue weighted by atomic mass is 9.84. The molecular weight excluding hydrogens is 550 g/mol. The molecule has 0 aromatic heterocycles. The van der Waals surface area contributed by atoms with Crippen LogP contribution in [0, 0.1) is 12.8 Å². The maximum atomic E-state index is 12.1. The summed E-state index contributed by atoms with van der Waals surface area (Å²) in [6.45, 7) is 6.78. The zero-order valence-corrected chi connectivity index (χ0v) is 24.2. The molecule has 0 spiro atoms. The number of carbonyl (C=O) groups is 5. The van der Waals surface area contributed by atoms with Crippen molar-refractivity contribution in [3.05, 3.63) is 53.6 Å². The quantitative estimate of drug-likeness (QED) is 0.311. The molecule has 226 valence electrons. The fourth-order valence-corrected chi connectivity index (χ4v) is 4.93. The van der Waals surface area contributed by atoms with Gasteiger partial charge in [-0.05, 0) is 54.8 Å². The van der Waals surface area contributed by atoms with Crippen molar-refractivity contribution in [3.8, 4) is 16.9 Å². The fourth-order valence-electron chi connectivity index (χ4n) is 4.93. The monoisotopic (exact) mass is 585 g/mol. The molecule has 1 amide bonds.